The Kier molecular flexibility index (Phi) is 2.68. The Balaban J connectivity index is 2.03. The maximum absolute atomic E-state index is 9.87. The van der Waals surface area contributed by atoms with E-state index in [9.17, 15) is 10.2 Å². The highest BCUT2D eigenvalue weighted by atomic mass is 16.3. The number of phenolic OH excluding ortho intramolecular Hbond substituents is 1. The molecule has 0 bridgehead atoms. The molecule has 94 valence electrons. The molecule has 0 saturated heterocycles. The molecular weight excluding hydrogens is 240 g/mol. The molecule has 0 atom stereocenters. The summed E-state index contributed by atoms with van der Waals surface area (Å²) < 4.78 is 0. The molecular formula is C15H12N2O2. The lowest BCUT2D eigenvalue weighted by Gasteiger charge is -1.95. The van der Waals surface area contributed by atoms with E-state index in [4.69, 9.17) is 0 Å². The number of nitrogens with one attached hydrogen (secondary N) is 1. The lowest BCUT2D eigenvalue weighted by molar-refractivity contribution is 0.457. The first-order chi connectivity index (χ1) is 9.24. The number of aromatic hydroxyl groups is 2. The standard InChI is InChI=1S/C15H12N2O2/c18-11-5-3-4-10(8-11)16-9-13-12-6-1-2-7-14(12)17-15(13)19/h1-9,17-19H. The van der Waals surface area contributed by atoms with Crippen LogP contribution in [0.3, 0.4) is 0 Å². The lowest BCUT2D eigenvalue weighted by Crippen LogP contribution is -1.78. The average molecular weight is 252 g/mol. The van der Waals surface area contributed by atoms with Gasteiger partial charge >= 0.3 is 0 Å². The van der Waals surface area contributed by atoms with Crippen molar-refractivity contribution in [2.45, 2.75) is 0 Å². The van der Waals surface area contributed by atoms with Gasteiger partial charge in [0.25, 0.3) is 0 Å². The maximum atomic E-state index is 9.87. The van der Waals surface area contributed by atoms with Crippen molar-refractivity contribution < 1.29 is 10.2 Å². The monoisotopic (exact) mass is 252 g/mol. The van der Waals surface area contributed by atoms with Gasteiger partial charge in [-0.15, -0.1) is 0 Å². The van der Waals surface area contributed by atoms with E-state index in [1.165, 1.54) is 0 Å². The van der Waals surface area contributed by atoms with Crippen LogP contribution in [0, 0.1) is 0 Å². The summed E-state index contributed by atoms with van der Waals surface area (Å²) in [5.41, 5.74) is 2.13. The number of para-hydroxylation sites is 1. The second-order valence-electron chi connectivity index (χ2n) is 4.21. The number of hydrogen-bond acceptors (Lipinski definition) is 3. The Morgan fingerprint density at radius 1 is 1.00 bits per heavy atom. The number of nitrogens with zero attached hydrogens (tertiary/aromatic N) is 1. The number of benzene rings is 2. The molecule has 3 rings (SSSR count). The largest absolute Gasteiger partial charge is 0.508 e. The highest BCUT2D eigenvalue weighted by Gasteiger charge is 2.07. The molecule has 0 fully saturated rings. The fourth-order valence-electron chi connectivity index (χ4n) is 1.99. The normalized spacial score (nSPS) is 11.4. The lowest BCUT2D eigenvalue weighted by atomic mass is 10.2. The zero-order chi connectivity index (χ0) is 13.2. The first-order valence-electron chi connectivity index (χ1n) is 5.87. The van der Waals surface area contributed by atoms with E-state index in [2.05, 4.69) is 9.98 Å². The third-order valence-corrected chi connectivity index (χ3v) is 2.90. The molecule has 4 heteroatoms. The van der Waals surface area contributed by atoms with Crippen LogP contribution in [0.5, 0.6) is 11.6 Å². The minimum absolute atomic E-state index is 0.0881. The van der Waals surface area contributed by atoms with Crippen LogP contribution in [-0.2, 0) is 0 Å². The summed E-state index contributed by atoms with van der Waals surface area (Å²) in [7, 11) is 0. The van der Waals surface area contributed by atoms with Gasteiger partial charge in [0, 0.05) is 23.2 Å². The quantitative estimate of drug-likeness (QED) is 0.612. The van der Waals surface area contributed by atoms with Gasteiger partial charge in [0.15, 0.2) is 5.88 Å². The van der Waals surface area contributed by atoms with E-state index < -0.39 is 0 Å². The van der Waals surface area contributed by atoms with Crippen LogP contribution in [0.15, 0.2) is 53.5 Å². The van der Waals surface area contributed by atoms with E-state index in [1.807, 2.05) is 24.3 Å². The molecule has 0 unspecified atom stereocenters. The summed E-state index contributed by atoms with van der Waals surface area (Å²) in [5, 5.41) is 20.1. The van der Waals surface area contributed by atoms with Crippen LogP contribution >= 0.6 is 0 Å². The van der Waals surface area contributed by atoms with Crippen molar-refractivity contribution in [3.63, 3.8) is 0 Å². The predicted molar refractivity (Wildman–Crippen MR) is 75.3 cm³/mol. The molecule has 0 aliphatic carbocycles. The molecule has 1 heterocycles. The van der Waals surface area contributed by atoms with E-state index >= 15 is 0 Å². The van der Waals surface area contributed by atoms with Crippen LogP contribution < -0.4 is 0 Å². The highest BCUT2D eigenvalue weighted by Crippen LogP contribution is 2.26. The number of aliphatic imine (C=N–C) groups is 1. The average Bonchev–Trinajstić information content (AvgIpc) is 2.72. The maximum Gasteiger partial charge on any atom is 0.198 e. The Morgan fingerprint density at radius 2 is 1.84 bits per heavy atom. The summed E-state index contributed by atoms with van der Waals surface area (Å²) >= 11 is 0. The summed E-state index contributed by atoms with van der Waals surface area (Å²) in [5.74, 6) is 0.253. The number of rotatable bonds is 2. The number of H-pyrrole nitrogens is 1. The van der Waals surface area contributed by atoms with Gasteiger partial charge in [-0.2, -0.15) is 0 Å². The fraction of sp³-hybridized carbons (Fsp3) is 0. The molecule has 3 aromatic rings. The molecule has 0 radical (unpaired) electrons. The van der Waals surface area contributed by atoms with Gasteiger partial charge in [0.05, 0.1) is 11.3 Å². The first kappa shape index (κ1) is 11.3. The SMILES string of the molecule is Oc1cccc(N=Cc2c(O)[nH]c3ccccc23)c1. The number of aromatic amines is 1. The first-order valence-corrected chi connectivity index (χ1v) is 5.87. The van der Waals surface area contributed by atoms with Gasteiger partial charge in [0.2, 0.25) is 0 Å². The van der Waals surface area contributed by atoms with Crippen molar-refractivity contribution in [1.82, 2.24) is 4.98 Å². The Bertz CT molecular complexity index is 760. The minimum atomic E-state index is 0.0881. The van der Waals surface area contributed by atoms with Crippen LogP contribution in [0.1, 0.15) is 5.56 Å². The molecule has 0 aliphatic heterocycles. The molecule has 2 aromatic carbocycles. The molecule has 0 spiro atoms. The molecule has 0 saturated carbocycles. The number of aromatic nitrogens is 1. The summed E-state index contributed by atoms with van der Waals surface area (Å²) in [4.78, 5) is 7.15. The topological polar surface area (TPSA) is 68.6 Å². The van der Waals surface area contributed by atoms with Crippen LogP contribution in [0.25, 0.3) is 10.9 Å². The van der Waals surface area contributed by atoms with Crippen molar-refractivity contribution in [1.29, 1.82) is 0 Å². The van der Waals surface area contributed by atoms with Gasteiger partial charge in [-0.25, -0.2) is 0 Å². The molecule has 0 aliphatic rings. The smallest absolute Gasteiger partial charge is 0.198 e. The van der Waals surface area contributed by atoms with Crippen LogP contribution in [-0.4, -0.2) is 21.4 Å². The van der Waals surface area contributed by atoms with E-state index in [1.54, 1.807) is 30.5 Å². The van der Waals surface area contributed by atoms with Crippen molar-refractivity contribution in [2.24, 2.45) is 4.99 Å². The number of fused-ring (bicyclic) bond motifs is 1. The summed E-state index contributed by atoms with van der Waals surface area (Å²) in [6.07, 6.45) is 1.59. The number of phenols is 1. The zero-order valence-electron chi connectivity index (χ0n) is 10.0. The van der Waals surface area contributed by atoms with Gasteiger partial charge in [0.1, 0.15) is 5.75 Å². The summed E-state index contributed by atoms with van der Waals surface area (Å²) in [6, 6.07) is 14.2. The van der Waals surface area contributed by atoms with Gasteiger partial charge < -0.3 is 15.2 Å². The van der Waals surface area contributed by atoms with Crippen molar-refractivity contribution in [2.75, 3.05) is 0 Å². The molecule has 4 nitrogen and oxygen atoms in total. The highest BCUT2D eigenvalue weighted by molar-refractivity contribution is 6.02. The van der Waals surface area contributed by atoms with Gasteiger partial charge in [-0.05, 0) is 18.2 Å². The van der Waals surface area contributed by atoms with Gasteiger partial charge in [-0.1, -0.05) is 24.3 Å². The molecule has 19 heavy (non-hydrogen) atoms. The molecule has 3 N–H and O–H groups in total. The third kappa shape index (κ3) is 2.15. The van der Waals surface area contributed by atoms with E-state index in [0.29, 0.717) is 11.3 Å². The zero-order valence-corrected chi connectivity index (χ0v) is 10.0. The minimum Gasteiger partial charge on any atom is -0.508 e. The third-order valence-electron chi connectivity index (χ3n) is 2.90. The fourth-order valence-corrected chi connectivity index (χ4v) is 1.99. The van der Waals surface area contributed by atoms with Crippen molar-refractivity contribution in [3.05, 3.63) is 54.1 Å². The predicted octanol–water partition coefficient (Wildman–Crippen LogP) is 3.33. The van der Waals surface area contributed by atoms with Crippen LogP contribution in [0.2, 0.25) is 0 Å². The van der Waals surface area contributed by atoms with Gasteiger partial charge in [-0.3, -0.25) is 4.99 Å². The van der Waals surface area contributed by atoms with Crippen molar-refractivity contribution >= 4 is 22.8 Å². The molecule has 0 amide bonds. The summed E-state index contributed by atoms with van der Waals surface area (Å²) in [6.45, 7) is 0. The Hall–Kier alpha value is -2.75. The van der Waals surface area contributed by atoms with Crippen LogP contribution in [0.4, 0.5) is 5.69 Å². The van der Waals surface area contributed by atoms with Crippen molar-refractivity contribution in [3.8, 4) is 11.6 Å². The van der Waals surface area contributed by atoms with E-state index in [-0.39, 0.29) is 11.6 Å². The Labute approximate surface area is 109 Å². The molecule has 1 aromatic heterocycles. The number of hydrogen-bond donors (Lipinski definition) is 3. The van der Waals surface area contributed by atoms with E-state index in [0.717, 1.165) is 10.9 Å². The Morgan fingerprint density at radius 3 is 2.68 bits per heavy atom. The second-order valence-corrected chi connectivity index (χ2v) is 4.21. The second kappa shape index (κ2) is 4.49.